The zero-order valence-electron chi connectivity index (χ0n) is 16.4. The van der Waals surface area contributed by atoms with Crippen LogP contribution >= 0.6 is 0 Å². The van der Waals surface area contributed by atoms with Gasteiger partial charge < -0.3 is 9.47 Å². The van der Waals surface area contributed by atoms with Gasteiger partial charge >= 0.3 is 0 Å². The molecule has 0 saturated carbocycles. The standard InChI is InChI=1S/C20H10F8O4S/c1-7-10(21)14(25)19(15(26)11(7)22)33(29,30)20-16(27)12(23)18(13(24)17(20)28)32-9-5-3-8(31-2)4-6-9/h3-6H,1-2H3. The van der Waals surface area contributed by atoms with Gasteiger partial charge in [-0.15, -0.1) is 0 Å². The van der Waals surface area contributed by atoms with E-state index in [2.05, 4.69) is 0 Å². The highest BCUT2D eigenvalue weighted by atomic mass is 32.2. The second-order valence-electron chi connectivity index (χ2n) is 6.41. The Hall–Kier alpha value is -3.35. The summed E-state index contributed by atoms with van der Waals surface area (Å²) in [5.74, 6) is -21.3. The second-order valence-corrected chi connectivity index (χ2v) is 8.23. The monoisotopic (exact) mass is 498 g/mol. The summed E-state index contributed by atoms with van der Waals surface area (Å²) in [7, 11) is -4.90. The maximum Gasteiger partial charge on any atom is 0.218 e. The smallest absolute Gasteiger partial charge is 0.218 e. The van der Waals surface area contributed by atoms with Crippen molar-refractivity contribution in [3.63, 3.8) is 0 Å². The molecule has 0 saturated heterocycles. The van der Waals surface area contributed by atoms with E-state index in [0.29, 0.717) is 6.92 Å². The molecule has 0 fully saturated rings. The summed E-state index contributed by atoms with van der Waals surface area (Å²) in [6.45, 7) is 0.555. The minimum atomic E-state index is -6.20. The first-order valence-corrected chi connectivity index (χ1v) is 10.1. The van der Waals surface area contributed by atoms with Crippen LogP contribution in [-0.4, -0.2) is 15.5 Å². The Labute approximate surface area is 180 Å². The van der Waals surface area contributed by atoms with Crippen LogP contribution in [0.1, 0.15) is 5.56 Å². The highest BCUT2D eigenvalue weighted by Gasteiger charge is 2.40. The van der Waals surface area contributed by atoms with Crippen molar-refractivity contribution in [2.75, 3.05) is 7.11 Å². The van der Waals surface area contributed by atoms with E-state index in [1.807, 2.05) is 0 Å². The van der Waals surface area contributed by atoms with Gasteiger partial charge in [-0.25, -0.2) is 34.8 Å². The number of benzene rings is 3. The highest BCUT2D eigenvalue weighted by molar-refractivity contribution is 7.91. The van der Waals surface area contributed by atoms with E-state index in [-0.39, 0.29) is 11.5 Å². The molecule has 0 aliphatic rings. The van der Waals surface area contributed by atoms with E-state index in [1.54, 1.807) is 0 Å². The largest absolute Gasteiger partial charge is 0.497 e. The molecule has 0 amide bonds. The third-order valence-electron chi connectivity index (χ3n) is 4.44. The molecule has 176 valence electrons. The van der Waals surface area contributed by atoms with E-state index in [9.17, 15) is 43.5 Å². The molecule has 3 rings (SSSR count). The van der Waals surface area contributed by atoms with Crippen LogP contribution in [0.4, 0.5) is 35.1 Å². The first-order chi connectivity index (χ1) is 15.3. The van der Waals surface area contributed by atoms with Gasteiger partial charge in [-0.2, -0.15) is 8.78 Å². The minimum Gasteiger partial charge on any atom is -0.497 e. The molecule has 3 aromatic rings. The lowest BCUT2D eigenvalue weighted by Gasteiger charge is -2.15. The Kier molecular flexibility index (Phi) is 6.29. The number of rotatable bonds is 5. The van der Waals surface area contributed by atoms with Gasteiger partial charge in [-0.3, -0.25) is 0 Å². The molecule has 0 unspecified atom stereocenters. The van der Waals surface area contributed by atoms with Crippen LogP contribution in [0, 0.1) is 53.5 Å². The average molecular weight is 498 g/mol. The van der Waals surface area contributed by atoms with Gasteiger partial charge in [-0.1, -0.05) is 0 Å². The lowest BCUT2D eigenvalue weighted by molar-refractivity contribution is 0.349. The van der Waals surface area contributed by atoms with Gasteiger partial charge in [0.05, 0.1) is 7.11 Å². The van der Waals surface area contributed by atoms with Crippen LogP contribution in [0.25, 0.3) is 0 Å². The molecule has 0 spiro atoms. The Balaban J connectivity index is 2.24. The first-order valence-electron chi connectivity index (χ1n) is 8.60. The van der Waals surface area contributed by atoms with Gasteiger partial charge in [0.25, 0.3) is 0 Å². The molecule has 0 heterocycles. The van der Waals surface area contributed by atoms with Crippen molar-refractivity contribution in [3.8, 4) is 17.2 Å². The number of sulfone groups is 1. The minimum absolute atomic E-state index is 0.281. The maximum absolute atomic E-state index is 14.6. The molecule has 33 heavy (non-hydrogen) atoms. The van der Waals surface area contributed by atoms with Gasteiger partial charge in [0.15, 0.2) is 34.9 Å². The van der Waals surface area contributed by atoms with Crippen molar-refractivity contribution in [1.29, 1.82) is 0 Å². The zero-order chi connectivity index (χ0) is 24.8. The normalized spacial score (nSPS) is 11.6. The molecule has 0 N–H and O–H groups in total. The Morgan fingerprint density at radius 3 is 1.36 bits per heavy atom. The molecule has 0 aliphatic carbocycles. The number of hydrogen-bond acceptors (Lipinski definition) is 4. The van der Waals surface area contributed by atoms with Crippen LogP contribution in [0.3, 0.4) is 0 Å². The number of hydrogen-bond donors (Lipinski definition) is 0. The summed E-state index contributed by atoms with van der Waals surface area (Å²) >= 11 is 0. The SMILES string of the molecule is COc1ccc(Oc2c(F)c(F)c(S(=O)(=O)c3c(F)c(F)c(C)c(F)c3F)c(F)c2F)cc1. The van der Waals surface area contributed by atoms with Crippen molar-refractivity contribution in [1.82, 2.24) is 0 Å². The van der Waals surface area contributed by atoms with Gasteiger partial charge in [0, 0.05) is 5.56 Å². The number of ether oxygens (including phenoxy) is 2. The molecular formula is C20H10F8O4S. The van der Waals surface area contributed by atoms with E-state index >= 15 is 0 Å². The summed E-state index contributed by atoms with van der Waals surface area (Å²) in [6, 6.07) is 4.67. The Morgan fingerprint density at radius 2 is 0.970 bits per heavy atom. The highest BCUT2D eigenvalue weighted by Crippen LogP contribution is 2.39. The lowest BCUT2D eigenvalue weighted by Crippen LogP contribution is -2.17. The summed E-state index contributed by atoms with van der Waals surface area (Å²) in [4.78, 5) is -4.98. The van der Waals surface area contributed by atoms with E-state index in [0.717, 1.165) is 12.1 Å². The third kappa shape index (κ3) is 3.86. The summed E-state index contributed by atoms with van der Waals surface area (Å²) in [5.41, 5.74) is -1.27. The molecule has 0 aliphatic heterocycles. The molecular weight excluding hydrogens is 488 g/mol. The third-order valence-corrected chi connectivity index (χ3v) is 6.23. The van der Waals surface area contributed by atoms with Crippen LogP contribution in [0.5, 0.6) is 17.2 Å². The molecule has 4 nitrogen and oxygen atoms in total. The fourth-order valence-electron chi connectivity index (χ4n) is 2.74. The topological polar surface area (TPSA) is 52.6 Å². The molecule has 0 aromatic heterocycles. The lowest BCUT2D eigenvalue weighted by atomic mass is 10.2. The first kappa shape index (κ1) is 24.3. The number of methoxy groups -OCH3 is 1. The molecule has 0 atom stereocenters. The van der Waals surface area contributed by atoms with Crippen molar-refractivity contribution < 1.29 is 53.0 Å². The second kappa shape index (κ2) is 8.54. The van der Waals surface area contributed by atoms with Gasteiger partial charge in [0.2, 0.25) is 27.2 Å². The van der Waals surface area contributed by atoms with Crippen LogP contribution in [0.15, 0.2) is 34.1 Å². The predicted molar refractivity (Wildman–Crippen MR) is 95.8 cm³/mol. The quantitative estimate of drug-likeness (QED) is 0.333. The summed E-state index contributed by atoms with van der Waals surface area (Å²) in [5, 5.41) is 0. The van der Waals surface area contributed by atoms with Crippen LogP contribution < -0.4 is 9.47 Å². The fraction of sp³-hybridized carbons (Fsp3) is 0.100. The molecule has 13 heteroatoms. The molecule has 3 aromatic carbocycles. The van der Waals surface area contributed by atoms with Crippen molar-refractivity contribution in [2.24, 2.45) is 0 Å². The predicted octanol–water partition coefficient (Wildman–Crippen LogP) is 5.74. The van der Waals surface area contributed by atoms with E-state index < -0.39 is 77.5 Å². The van der Waals surface area contributed by atoms with E-state index in [1.165, 1.54) is 19.2 Å². The molecule has 0 radical (unpaired) electrons. The van der Waals surface area contributed by atoms with Crippen molar-refractivity contribution in [3.05, 3.63) is 76.4 Å². The Bertz CT molecular complexity index is 1310. The van der Waals surface area contributed by atoms with E-state index in [4.69, 9.17) is 9.47 Å². The number of halogens is 8. The molecule has 0 bridgehead atoms. The summed E-state index contributed by atoms with van der Waals surface area (Å²) < 4.78 is 148. The van der Waals surface area contributed by atoms with Crippen molar-refractivity contribution >= 4 is 9.84 Å². The maximum atomic E-state index is 14.6. The van der Waals surface area contributed by atoms with Crippen LogP contribution in [-0.2, 0) is 9.84 Å². The van der Waals surface area contributed by atoms with Gasteiger partial charge in [-0.05, 0) is 31.2 Å². The van der Waals surface area contributed by atoms with Crippen molar-refractivity contribution in [2.45, 2.75) is 16.7 Å². The van der Waals surface area contributed by atoms with Crippen LogP contribution in [0.2, 0.25) is 0 Å². The zero-order valence-corrected chi connectivity index (χ0v) is 17.2. The summed E-state index contributed by atoms with van der Waals surface area (Å²) in [6.07, 6.45) is 0. The Morgan fingerprint density at radius 1 is 0.606 bits per heavy atom. The van der Waals surface area contributed by atoms with Gasteiger partial charge in [0.1, 0.15) is 21.3 Å². The average Bonchev–Trinajstić information content (AvgIpc) is 2.78. The fourth-order valence-corrected chi connectivity index (χ4v) is 4.24.